The zero-order valence-electron chi connectivity index (χ0n) is 21.3. The summed E-state index contributed by atoms with van der Waals surface area (Å²) in [4.78, 5) is 50.1. The van der Waals surface area contributed by atoms with E-state index in [1.165, 1.54) is 6.26 Å². The van der Waals surface area contributed by atoms with Crippen molar-refractivity contribution < 1.29 is 23.5 Å². The third kappa shape index (κ3) is 5.12. The molecule has 0 spiro atoms. The average Bonchev–Trinajstić information content (AvgIpc) is 3.35. The Balaban J connectivity index is 1.47. The molecule has 37 heavy (non-hydrogen) atoms. The molecule has 9 heteroatoms. The average molecular weight is 507 g/mol. The first-order valence-corrected chi connectivity index (χ1v) is 13.3. The second kappa shape index (κ2) is 11.2. The largest absolute Gasteiger partial charge is 0.462 e. The first-order chi connectivity index (χ1) is 18.1. The Hall–Kier alpha value is -3.62. The third-order valence-corrected chi connectivity index (χ3v) is 7.68. The predicted molar refractivity (Wildman–Crippen MR) is 135 cm³/mol. The van der Waals surface area contributed by atoms with E-state index in [4.69, 9.17) is 9.15 Å². The minimum Gasteiger partial charge on any atom is -0.462 e. The topological polar surface area (TPSA) is 96.2 Å². The van der Waals surface area contributed by atoms with Gasteiger partial charge in [0.2, 0.25) is 0 Å². The summed E-state index contributed by atoms with van der Waals surface area (Å²) in [6.07, 6.45) is 9.97. The quantitative estimate of drug-likeness (QED) is 0.438. The monoisotopic (exact) mass is 506 g/mol. The molecule has 2 aromatic heterocycles. The van der Waals surface area contributed by atoms with Crippen LogP contribution in [0.3, 0.4) is 0 Å². The van der Waals surface area contributed by atoms with Gasteiger partial charge in [-0.15, -0.1) is 0 Å². The fraction of sp³-hybridized carbons (Fsp3) is 0.500. The van der Waals surface area contributed by atoms with Crippen LogP contribution < -0.4 is 0 Å². The molecular formula is C28H34N4O5. The number of furan rings is 1. The van der Waals surface area contributed by atoms with Gasteiger partial charge in [-0.1, -0.05) is 19.3 Å². The summed E-state index contributed by atoms with van der Waals surface area (Å²) in [5.74, 6) is -0.585. The summed E-state index contributed by atoms with van der Waals surface area (Å²) >= 11 is 0. The number of nitrogens with zero attached hydrogens (tertiary/aromatic N) is 4. The Morgan fingerprint density at radius 3 is 2.51 bits per heavy atom. The van der Waals surface area contributed by atoms with Crippen LogP contribution in [0, 0.1) is 5.92 Å². The minimum absolute atomic E-state index is 0.0131. The molecule has 2 amide bonds. The van der Waals surface area contributed by atoms with E-state index in [1.54, 1.807) is 36.4 Å². The first-order valence-electron chi connectivity index (χ1n) is 13.3. The van der Waals surface area contributed by atoms with Gasteiger partial charge in [0.05, 0.1) is 12.9 Å². The smallest absolute Gasteiger partial charge is 0.345 e. The summed E-state index contributed by atoms with van der Waals surface area (Å²) in [5, 5.41) is 0. The van der Waals surface area contributed by atoms with Crippen molar-refractivity contribution in [1.82, 2.24) is 19.7 Å². The lowest BCUT2D eigenvalue weighted by atomic mass is 9.82. The number of ether oxygens (including phenoxy) is 1. The van der Waals surface area contributed by atoms with Crippen molar-refractivity contribution in [1.29, 1.82) is 0 Å². The van der Waals surface area contributed by atoms with Crippen molar-refractivity contribution in [3.05, 3.63) is 65.5 Å². The molecule has 1 aliphatic carbocycles. The number of carbonyl (C=O) groups is 3. The van der Waals surface area contributed by atoms with Gasteiger partial charge >= 0.3 is 5.97 Å². The van der Waals surface area contributed by atoms with Gasteiger partial charge < -0.3 is 23.9 Å². The maximum Gasteiger partial charge on any atom is 0.345 e. The number of fused-ring (bicyclic) bond motifs is 1. The van der Waals surface area contributed by atoms with Crippen LogP contribution in [0.15, 0.2) is 58.6 Å². The highest BCUT2D eigenvalue weighted by atomic mass is 16.5. The van der Waals surface area contributed by atoms with Gasteiger partial charge in [-0.2, -0.15) is 0 Å². The molecule has 196 valence electrons. The zero-order valence-corrected chi connectivity index (χ0v) is 21.3. The number of hydrogen-bond acceptors (Lipinski definition) is 7. The maximum absolute atomic E-state index is 14.0. The van der Waals surface area contributed by atoms with E-state index in [0.29, 0.717) is 38.5 Å². The summed E-state index contributed by atoms with van der Waals surface area (Å²) in [6, 6.07) is 7.22. The maximum atomic E-state index is 14.0. The van der Waals surface area contributed by atoms with Crippen LogP contribution in [0.4, 0.5) is 0 Å². The van der Waals surface area contributed by atoms with E-state index in [1.807, 2.05) is 17.0 Å². The lowest BCUT2D eigenvalue weighted by Gasteiger charge is -2.47. The van der Waals surface area contributed by atoms with Crippen molar-refractivity contribution in [2.45, 2.75) is 51.6 Å². The molecular weight excluding hydrogens is 472 g/mol. The zero-order chi connectivity index (χ0) is 25.8. The van der Waals surface area contributed by atoms with E-state index in [-0.39, 0.29) is 36.0 Å². The van der Waals surface area contributed by atoms with Gasteiger partial charge in [-0.25, -0.2) is 4.79 Å². The van der Waals surface area contributed by atoms with Gasteiger partial charge in [0.1, 0.15) is 5.57 Å². The Morgan fingerprint density at radius 1 is 1.05 bits per heavy atom. The van der Waals surface area contributed by atoms with Crippen LogP contribution >= 0.6 is 0 Å². The highest BCUT2D eigenvalue weighted by molar-refractivity contribution is 6.17. The molecule has 2 atom stereocenters. The third-order valence-electron chi connectivity index (χ3n) is 7.68. The van der Waals surface area contributed by atoms with E-state index >= 15 is 0 Å². The molecule has 2 aromatic rings. The molecule has 3 aliphatic rings. The molecule has 2 fully saturated rings. The number of rotatable bonds is 6. The van der Waals surface area contributed by atoms with Gasteiger partial charge in [-0.05, 0) is 49.6 Å². The normalized spacial score (nSPS) is 22.5. The van der Waals surface area contributed by atoms with Gasteiger partial charge in [0.25, 0.3) is 11.8 Å². The van der Waals surface area contributed by atoms with Crippen LogP contribution in [0.1, 0.15) is 55.1 Å². The molecule has 9 nitrogen and oxygen atoms in total. The lowest BCUT2D eigenvalue weighted by Crippen LogP contribution is -2.56. The van der Waals surface area contributed by atoms with Crippen LogP contribution in [0.2, 0.25) is 0 Å². The van der Waals surface area contributed by atoms with Crippen LogP contribution in [-0.2, 0) is 20.9 Å². The molecule has 2 unspecified atom stereocenters. The van der Waals surface area contributed by atoms with Crippen molar-refractivity contribution in [2.75, 3.05) is 32.8 Å². The Bertz CT molecular complexity index is 1140. The summed E-state index contributed by atoms with van der Waals surface area (Å²) < 4.78 is 10.7. The molecule has 0 aromatic carbocycles. The predicted octanol–water partition coefficient (Wildman–Crippen LogP) is 3.24. The van der Waals surface area contributed by atoms with Crippen molar-refractivity contribution >= 4 is 17.8 Å². The highest BCUT2D eigenvalue weighted by Crippen LogP contribution is 2.41. The van der Waals surface area contributed by atoms with Gasteiger partial charge in [-0.3, -0.25) is 14.6 Å². The summed E-state index contributed by atoms with van der Waals surface area (Å²) in [6.45, 7) is 4.47. The number of esters is 1. The number of piperazine rings is 1. The van der Waals surface area contributed by atoms with Crippen molar-refractivity contribution in [2.24, 2.45) is 5.92 Å². The van der Waals surface area contributed by atoms with Crippen LogP contribution in [-0.4, -0.2) is 76.3 Å². The molecule has 0 bridgehead atoms. The van der Waals surface area contributed by atoms with E-state index in [9.17, 15) is 14.4 Å². The van der Waals surface area contributed by atoms with Crippen molar-refractivity contribution in [3.63, 3.8) is 0 Å². The van der Waals surface area contributed by atoms with E-state index in [2.05, 4.69) is 9.88 Å². The summed E-state index contributed by atoms with van der Waals surface area (Å²) in [5.41, 5.74) is 1.96. The molecule has 4 heterocycles. The Morgan fingerprint density at radius 2 is 1.81 bits per heavy atom. The Kier molecular flexibility index (Phi) is 7.58. The fourth-order valence-corrected chi connectivity index (χ4v) is 5.94. The summed E-state index contributed by atoms with van der Waals surface area (Å²) in [7, 11) is 0. The molecule has 0 N–H and O–H groups in total. The molecule has 1 saturated carbocycles. The van der Waals surface area contributed by atoms with Crippen LogP contribution in [0.25, 0.3) is 0 Å². The standard InChI is InChI=1S/C28H34N4O5/c1-2-36-28(35)24-25(30-14-16-31(17-15-30)26(33)23-9-6-18-37-23)21-7-4-3-5-8-22(21)32(27(24)34)19-20-10-12-29-13-11-20/h6,9-13,18,21-22H,2-5,7-8,14-17,19H2,1H3. The van der Waals surface area contributed by atoms with Crippen LogP contribution in [0.5, 0.6) is 0 Å². The molecule has 5 rings (SSSR count). The number of pyridine rings is 1. The SMILES string of the molecule is CCOC(=O)C1=C(N2CCN(C(=O)c3ccco3)CC2)C2CCCCCC2N(Cc2ccncc2)C1=O. The van der Waals surface area contributed by atoms with E-state index < -0.39 is 5.97 Å². The first kappa shape index (κ1) is 25.0. The highest BCUT2D eigenvalue weighted by Gasteiger charge is 2.46. The van der Waals surface area contributed by atoms with E-state index in [0.717, 1.165) is 43.4 Å². The minimum atomic E-state index is -0.556. The number of hydrogen-bond donors (Lipinski definition) is 0. The second-order valence-corrected chi connectivity index (χ2v) is 9.84. The van der Waals surface area contributed by atoms with Gasteiger partial charge in [0.15, 0.2) is 5.76 Å². The Labute approximate surface area is 217 Å². The second-order valence-electron chi connectivity index (χ2n) is 9.84. The van der Waals surface area contributed by atoms with Crippen molar-refractivity contribution in [3.8, 4) is 0 Å². The molecule has 1 saturated heterocycles. The molecule has 2 aliphatic heterocycles. The number of amides is 2. The lowest BCUT2D eigenvalue weighted by molar-refractivity contribution is -0.145. The van der Waals surface area contributed by atoms with Gasteiger partial charge in [0, 0.05) is 62.8 Å². The fourth-order valence-electron chi connectivity index (χ4n) is 5.94. The number of carbonyl (C=O) groups excluding carboxylic acids is 3. The molecule has 0 radical (unpaired) electrons. The number of aromatic nitrogens is 1.